The maximum absolute atomic E-state index is 12.9. The van der Waals surface area contributed by atoms with Crippen LogP contribution in [0.5, 0.6) is 5.75 Å². The lowest BCUT2D eigenvalue weighted by molar-refractivity contribution is 0.0937. The average molecular weight is 456 g/mol. The molecule has 4 rings (SSSR count). The molecule has 0 aliphatic carbocycles. The summed E-state index contributed by atoms with van der Waals surface area (Å²) < 4.78 is 8.32. The quantitative estimate of drug-likeness (QED) is 0.301. The lowest BCUT2D eigenvalue weighted by Gasteiger charge is -2.17. The third-order valence-electron chi connectivity index (χ3n) is 6.24. The zero-order valence-corrected chi connectivity index (χ0v) is 20.5. The normalized spacial score (nSPS) is 12.0. The zero-order valence-electron chi connectivity index (χ0n) is 20.5. The summed E-state index contributed by atoms with van der Waals surface area (Å²) >= 11 is 0. The van der Waals surface area contributed by atoms with Gasteiger partial charge in [0.15, 0.2) is 0 Å². The number of para-hydroxylation sites is 3. The van der Waals surface area contributed by atoms with Gasteiger partial charge in [-0.1, -0.05) is 48.5 Å². The topological polar surface area (TPSA) is 56.2 Å². The molecule has 1 atom stereocenters. The van der Waals surface area contributed by atoms with Crippen molar-refractivity contribution in [3.8, 4) is 5.75 Å². The third-order valence-corrected chi connectivity index (χ3v) is 6.24. The monoisotopic (exact) mass is 455 g/mol. The number of hydrogen-bond donors (Lipinski definition) is 1. The van der Waals surface area contributed by atoms with Crippen molar-refractivity contribution in [3.05, 3.63) is 94.8 Å². The number of carbonyl (C=O) groups excluding carboxylic acids is 1. The van der Waals surface area contributed by atoms with E-state index in [4.69, 9.17) is 9.72 Å². The molecule has 4 aromatic rings. The Kier molecular flexibility index (Phi) is 7.31. The number of nitrogens with zero attached hydrogens (tertiary/aromatic N) is 2. The van der Waals surface area contributed by atoms with E-state index in [-0.39, 0.29) is 11.9 Å². The second kappa shape index (κ2) is 10.6. The lowest BCUT2D eigenvalue weighted by Crippen LogP contribution is -2.29. The van der Waals surface area contributed by atoms with Gasteiger partial charge in [-0.05, 0) is 75.4 Å². The highest BCUT2D eigenvalue weighted by molar-refractivity contribution is 5.95. The summed E-state index contributed by atoms with van der Waals surface area (Å²) in [5.41, 5.74) is 6.03. The highest BCUT2D eigenvalue weighted by Gasteiger charge is 2.19. The molecular formula is C29H33N3O2. The van der Waals surface area contributed by atoms with Crippen LogP contribution < -0.4 is 10.1 Å². The van der Waals surface area contributed by atoms with Gasteiger partial charge in [0.25, 0.3) is 5.91 Å². The molecule has 0 aliphatic rings. The number of aromatic nitrogens is 2. The molecule has 5 nitrogen and oxygen atoms in total. The highest BCUT2D eigenvalue weighted by Crippen LogP contribution is 2.24. The Balaban J connectivity index is 1.44. The number of hydrogen-bond acceptors (Lipinski definition) is 3. The number of carbonyl (C=O) groups is 1. The summed E-state index contributed by atoms with van der Waals surface area (Å²) in [5, 5.41) is 3.14. The maximum atomic E-state index is 12.9. The van der Waals surface area contributed by atoms with E-state index in [1.807, 2.05) is 56.3 Å². The first-order valence-electron chi connectivity index (χ1n) is 12.0. The fraction of sp³-hybridized carbons (Fsp3) is 0.310. The van der Waals surface area contributed by atoms with Crippen LogP contribution in [-0.2, 0) is 6.54 Å². The van der Waals surface area contributed by atoms with Crippen molar-refractivity contribution < 1.29 is 9.53 Å². The van der Waals surface area contributed by atoms with Crippen molar-refractivity contribution in [2.75, 3.05) is 6.61 Å². The lowest BCUT2D eigenvalue weighted by atomic mass is 10.1. The van der Waals surface area contributed by atoms with E-state index in [2.05, 4.69) is 48.0 Å². The minimum Gasteiger partial charge on any atom is -0.493 e. The Morgan fingerprint density at radius 1 is 0.912 bits per heavy atom. The minimum absolute atomic E-state index is 0.0776. The van der Waals surface area contributed by atoms with E-state index in [0.717, 1.165) is 47.6 Å². The molecule has 0 spiro atoms. The van der Waals surface area contributed by atoms with Gasteiger partial charge in [-0.2, -0.15) is 0 Å². The number of fused-ring (bicyclic) bond motifs is 1. The van der Waals surface area contributed by atoms with Crippen molar-refractivity contribution in [3.63, 3.8) is 0 Å². The van der Waals surface area contributed by atoms with Gasteiger partial charge < -0.3 is 14.6 Å². The molecule has 1 N–H and O–H groups in total. The van der Waals surface area contributed by atoms with Crippen LogP contribution in [0.15, 0.2) is 66.7 Å². The molecule has 0 saturated carbocycles. The summed E-state index contributed by atoms with van der Waals surface area (Å²) in [5.74, 6) is 1.79. The third kappa shape index (κ3) is 5.14. The molecule has 0 fully saturated rings. The second-order valence-corrected chi connectivity index (χ2v) is 8.90. The summed E-state index contributed by atoms with van der Waals surface area (Å²) in [6.45, 7) is 9.61. The van der Waals surface area contributed by atoms with Gasteiger partial charge in [0.2, 0.25) is 0 Å². The smallest absolute Gasteiger partial charge is 0.252 e. The maximum Gasteiger partial charge on any atom is 0.252 e. The molecule has 1 aromatic heterocycles. The van der Waals surface area contributed by atoms with Gasteiger partial charge in [0, 0.05) is 12.1 Å². The molecular weight excluding hydrogens is 422 g/mol. The number of imidazole rings is 1. The van der Waals surface area contributed by atoms with Gasteiger partial charge in [0.05, 0.1) is 23.7 Å². The fourth-order valence-corrected chi connectivity index (χ4v) is 4.40. The molecule has 0 aliphatic heterocycles. The number of ether oxygens (including phenoxy) is 1. The predicted octanol–water partition coefficient (Wildman–Crippen LogP) is 6.31. The van der Waals surface area contributed by atoms with Crippen molar-refractivity contribution >= 4 is 16.9 Å². The van der Waals surface area contributed by atoms with Crippen molar-refractivity contribution in [2.45, 2.75) is 53.1 Å². The van der Waals surface area contributed by atoms with Crippen LogP contribution in [0.2, 0.25) is 0 Å². The second-order valence-electron chi connectivity index (χ2n) is 8.90. The Bertz CT molecular complexity index is 1270. The van der Waals surface area contributed by atoms with E-state index in [1.54, 1.807) is 0 Å². The molecule has 176 valence electrons. The number of benzene rings is 3. The van der Waals surface area contributed by atoms with E-state index in [1.165, 1.54) is 11.1 Å². The van der Waals surface area contributed by atoms with Crippen LogP contribution in [0.1, 0.15) is 58.7 Å². The minimum atomic E-state index is -0.217. The first kappa shape index (κ1) is 23.6. The summed E-state index contributed by atoms with van der Waals surface area (Å²) in [6, 6.07) is 21.8. The first-order chi connectivity index (χ1) is 16.5. The Hall–Kier alpha value is -3.60. The van der Waals surface area contributed by atoms with Gasteiger partial charge in [-0.3, -0.25) is 4.79 Å². The molecule has 34 heavy (non-hydrogen) atoms. The van der Waals surface area contributed by atoms with Gasteiger partial charge in [-0.15, -0.1) is 0 Å². The van der Waals surface area contributed by atoms with Crippen LogP contribution in [0.25, 0.3) is 11.0 Å². The van der Waals surface area contributed by atoms with E-state index >= 15 is 0 Å². The predicted molar refractivity (Wildman–Crippen MR) is 137 cm³/mol. The van der Waals surface area contributed by atoms with Crippen molar-refractivity contribution in [1.29, 1.82) is 0 Å². The van der Waals surface area contributed by atoms with Crippen molar-refractivity contribution in [1.82, 2.24) is 14.9 Å². The Morgan fingerprint density at radius 2 is 1.59 bits per heavy atom. The standard InChI is InChI=1S/C29H33N3O2/c1-20-12-5-6-15-24(20)29(33)30-23(4)28-31-25-16-7-8-17-26(25)32(28)18-9-10-19-34-27-21(2)13-11-14-22(27)3/h5-8,11-17,23H,9-10,18-19H2,1-4H3,(H,30,33). The zero-order chi connectivity index (χ0) is 24.1. The van der Waals surface area contributed by atoms with Crippen LogP contribution >= 0.6 is 0 Å². The summed E-state index contributed by atoms with van der Waals surface area (Å²) in [4.78, 5) is 17.8. The van der Waals surface area contributed by atoms with E-state index < -0.39 is 0 Å². The van der Waals surface area contributed by atoms with E-state index in [9.17, 15) is 4.79 Å². The van der Waals surface area contributed by atoms with Crippen LogP contribution in [0.4, 0.5) is 0 Å². The number of rotatable bonds is 9. The largest absolute Gasteiger partial charge is 0.493 e. The highest BCUT2D eigenvalue weighted by atomic mass is 16.5. The number of unbranched alkanes of at least 4 members (excludes halogenated alkanes) is 1. The molecule has 5 heteroatoms. The van der Waals surface area contributed by atoms with Crippen LogP contribution in [0.3, 0.4) is 0 Å². The molecule has 1 amide bonds. The number of amides is 1. The SMILES string of the molecule is Cc1ccccc1C(=O)NC(C)c1nc2ccccc2n1CCCCOc1c(C)cccc1C. The molecule has 0 bridgehead atoms. The molecule has 3 aromatic carbocycles. The van der Waals surface area contributed by atoms with Crippen molar-refractivity contribution in [2.24, 2.45) is 0 Å². The Morgan fingerprint density at radius 3 is 2.35 bits per heavy atom. The van der Waals surface area contributed by atoms with Gasteiger partial charge in [0.1, 0.15) is 11.6 Å². The summed E-state index contributed by atoms with van der Waals surface area (Å²) in [7, 11) is 0. The van der Waals surface area contributed by atoms with Crippen LogP contribution in [-0.4, -0.2) is 22.1 Å². The molecule has 1 unspecified atom stereocenters. The van der Waals surface area contributed by atoms with Gasteiger partial charge in [-0.25, -0.2) is 4.98 Å². The summed E-state index contributed by atoms with van der Waals surface area (Å²) in [6.07, 6.45) is 1.89. The van der Waals surface area contributed by atoms with E-state index in [0.29, 0.717) is 12.2 Å². The number of aryl methyl sites for hydroxylation is 4. The first-order valence-corrected chi connectivity index (χ1v) is 12.0. The fourth-order valence-electron chi connectivity index (χ4n) is 4.40. The van der Waals surface area contributed by atoms with Gasteiger partial charge >= 0.3 is 0 Å². The Labute approximate surface area is 201 Å². The average Bonchev–Trinajstić information content (AvgIpc) is 3.19. The number of nitrogens with one attached hydrogen (secondary N) is 1. The molecule has 1 heterocycles. The molecule has 0 radical (unpaired) electrons. The molecule has 0 saturated heterocycles. The van der Waals surface area contributed by atoms with Crippen LogP contribution in [0, 0.1) is 20.8 Å².